The number of nitrogens with zero attached hydrogens (tertiary/aromatic N) is 2. The van der Waals surface area contributed by atoms with Gasteiger partial charge in [0.25, 0.3) is 0 Å². The lowest BCUT2D eigenvalue weighted by Gasteiger charge is -2.26. The van der Waals surface area contributed by atoms with Crippen LogP contribution in [0.4, 0.5) is 0 Å². The summed E-state index contributed by atoms with van der Waals surface area (Å²) in [6.07, 6.45) is 0. The lowest BCUT2D eigenvalue weighted by molar-refractivity contribution is 0.0342. The van der Waals surface area contributed by atoms with Gasteiger partial charge in [-0.1, -0.05) is 54.6 Å². The number of halogens is 1. The molecule has 1 aliphatic rings. The van der Waals surface area contributed by atoms with E-state index in [9.17, 15) is 5.11 Å². The average Bonchev–Trinajstić information content (AvgIpc) is 2.78. The van der Waals surface area contributed by atoms with Crippen molar-refractivity contribution in [1.29, 1.82) is 0 Å². The molecule has 1 atom stereocenters. The Morgan fingerprint density at radius 3 is 2.50 bits per heavy atom. The van der Waals surface area contributed by atoms with E-state index in [0.717, 1.165) is 44.4 Å². The monoisotopic (exact) mass is 524 g/mol. The smallest absolute Gasteiger partial charge is 0.191 e. The van der Waals surface area contributed by atoms with Crippen molar-refractivity contribution >= 4 is 29.9 Å². The molecule has 164 valence electrons. The molecule has 6 nitrogen and oxygen atoms in total. The van der Waals surface area contributed by atoms with Crippen LogP contribution in [-0.2, 0) is 17.8 Å². The van der Waals surface area contributed by atoms with Crippen molar-refractivity contribution in [3.63, 3.8) is 0 Å². The van der Waals surface area contributed by atoms with Crippen molar-refractivity contribution in [2.24, 2.45) is 4.99 Å². The highest BCUT2D eigenvalue weighted by Crippen LogP contribution is 2.13. The molecule has 2 aromatic rings. The van der Waals surface area contributed by atoms with Gasteiger partial charge in [-0.25, -0.2) is 0 Å². The van der Waals surface area contributed by atoms with Crippen LogP contribution in [0, 0.1) is 0 Å². The van der Waals surface area contributed by atoms with Crippen molar-refractivity contribution < 1.29 is 9.84 Å². The molecule has 1 saturated heterocycles. The summed E-state index contributed by atoms with van der Waals surface area (Å²) in [5, 5.41) is 16.4. The first-order valence-electron chi connectivity index (χ1n) is 10.3. The summed E-state index contributed by atoms with van der Waals surface area (Å²) in [6, 6.07) is 18.7. The molecule has 3 rings (SSSR count). The maximum atomic E-state index is 9.73. The highest BCUT2D eigenvalue weighted by atomic mass is 127. The van der Waals surface area contributed by atoms with Gasteiger partial charge >= 0.3 is 0 Å². The predicted octanol–water partition coefficient (Wildman–Crippen LogP) is 2.58. The minimum absolute atomic E-state index is 0. The summed E-state index contributed by atoms with van der Waals surface area (Å²) in [7, 11) is 1.76. The van der Waals surface area contributed by atoms with Gasteiger partial charge in [-0.05, 0) is 16.7 Å². The lowest BCUT2D eigenvalue weighted by Crippen LogP contribution is -2.39. The Kier molecular flexibility index (Phi) is 11.1. The van der Waals surface area contributed by atoms with Crippen LogP contribution in [0.25, 0.3) is 0 Å². The molecular formula is C23H33IN4O2. The molecule has 1 unspecified atom stereocenters. The van der Waals surface area contributed by atoms with E-state index in [4.69, 9.17) is 4.74 Å². The van der Waals surface area contributed by atoms with Crippen LogP contribution in [0.2, 0.25) is 0 Å². The molecule has 0 radical (unpaired) electrons. The van der Waals surface area contributed by atoms with Crippen molar-refractivity contribution in [3.05, 3.63) is 71.3 Å². The number of ether oxygens (including phenoxy) is 1. The minimum Gasteiger partial charge on any atom is -0.396 e. The van der Waals surface area contributed by atoms with Gasteiger partial charge in [-0.3, -0.25) is 9.89 Å². The van der Waals surface area contributed by atoms with Gasteiger partial charge in [0.15, 0.2) is 5.96 Å². The number of morpholine rings is 1. The third kappa shape index (κ3) is 7.86. The lowest BCUT2D eigenvalue weighted by atomic mass is 10.0. The number of benzene rings is 2. The minimum atomic E-state index is 0. The second-order valence-electron chi connectivity index (χ2n) is 7.31. The summed E-state index contributed by atoms with van der Waals surface area (Å²) < 4.78 is 5.43. The Bertz CT molecular complexity index is 767. The van der Waals surface area contributed by atoms with Crippen LogP contribution in [0.5, 0.6) is 0 Å². The molecule has 0 aliphatic carbocycles. The van der Waals surface area contributed by atoms with Crippen LogP contribution >= 0.6 is 24.0 Å². The molecule has 1 heterocycles. The summed E-state index contributed by atoms with van der Waals surface area (Å²) in [5.74, 6) is 0.768. The van der Waals surface area contributed by atoms with Crippen LogP contribution in [-0.4, -0.2) is 62.5 Å². The molecule has 2 aromatic carbocycles. The van der Waals surface area contributed by atoms with Gasteiger partial charge < -0.3 is 20.5 Å². The maximum Gasteiger partial charge on any atom is 0.191 e. The van der Waals surface area contributed by atoms with Gasteiger partial charge in [0.2, 0.25) is 0 Å². The Hall–Kier alpha value is -1.68. The zero-order valence-electron chi connectivity index (χ0n) is 17.6. The Morgan fingerprint density at radius 2 is 1.80 bits per heavy atom. The first-order chi connectivity index (χ1) is 14.3. The molecule has 1 aliphatic heterocycles. The Balaban J connectivity index is 0.00000320. The fourth-order valence-corrected chi connectivity index (χ4v) is 3.49. The normalized spacial score (nSPS) is 15.9. The maximum absolute atomic E-state index is 9.73. The molecule has 7 heteroatoms. The van der Waals surface area contributed by atoms with E-state index in [0.29, 0.717) is 13.1 Å². The number of aliphatic hydroxyl groups excluding tert-OH is 1. The van der Waals surface area contributed by atoms with Crippen LogP contribution in [0.3, 0.4) is 0 Å². The number of aliphatic imine (C=N–C) groups is 1. The van der Waals surface area contributed by atoms with E-state index >= 15 is 0 Å². The molecular weight excluding hydrogens is 491 g/mol. The van der Waals surface area contributed by atoms with E-state index in [-0.39, 0.29) is 36.5 Å². The van der Waals surface area contributed by atoms with Crippen molar-refractivity contribution in [1.82, 2.24) is 15.5 Å². The number of aliphatic hydroxyl groups is 1. The van der Waals surface area contributed by atoms with Crippen LogP contribution < -0.4 is 10.6 Å². The first-order valence-corrected chi connectivity index (χ1v) is 10.3. The van der Waals surface area contributed by atoms with Crippen LogP contribution in [0.15, 0.2) is 59.6 Å². The summed E-state index contributed by atoms with van der Waals surface area (Å²) >= 11 is 0. The van der Waals surface area contributed by atoms with Crippen molar-refractivity contribution in [3.8, 4) is 0 Å². The van der Waals surface area contributed by atoms with E-state index in [1.807, 2.05) is 30.3 Å². The molecule has 0 bridgehead atoms. The topological polar surface area (TPSA) is 69.1 Å². The van der Waals surface area contributed by atoms with E-state index < -0.39 is 0 Å². The fourth-order valence-electron chi connectivity index (χ4n) is 3.49. The van der Waals surface area contributed by atoms with E-state index in [2.05, 4.69) is 44.8 Å². The van der Waals surface area contributed by atoms with E-state index in [1.165, 1.54) is 11.1 Å². The third-order valence-electron chi connectivity index (χ3n) is 5.19. The predicted molar refractivity (Wildman–Crippen MR) is 132 cm³/mol. The Labute approximate surface area is 196 Å². The number of rotatable bonds is 8. The third-order valence-corrected chi connectivity index (χ3v) is 5.19. The largest absolute Gasteiger partial charge is 0.396 e. The van der Waals surface area contributed by atoms with Crippen LogP contribution in [0.1, 0.15) is 22.6 Å². The first kappa shape index (κ1) is 24.6. The second kappa shape index (κ2) is 13.6. The van der Waals surface area contributed by atoms with Gasteiger partial charge in [0.1, 0.15) is 0 Å². The molecule has 0 saturated carbocycles. The number of hydrogen-bond acceptors (Lipinski definition) is 4. The highest BCUT2D eigenvalue weighted by Gasteiger charge is 2.12. The quantitative estimate of drug-likeness (QED) is 0.282. The number of hydrogen-bond donors (Lipinski definition) is 3. The summed E-state index contributed by atoms with van der Waals surface area (Å²) in [6.45, 7) is 6.00. The summed E-state index contributed by atoms with van der Waals surface area (Å²) in [4.78, 5) is 6.74. The molecule has 0 spiro atoms. The average molecular weight is 524 g/mol. The molecule has 0 aromatic heterocycles. The second-order valence-corrected chi connectivity index (χ2v) is 7.31. The van der Waals surface area contributed by atoms with Gasteiger partial charge in [-0.2, -0.15) is 0 Å². The number of guanidine groups is 1. The number of nitrogens with one attached hydrogen (secondary N) is 2. The molecule has 0 amide bonds. The Morgan fingerprint density at radius 1 is 1.07 bits per heavy atom. The zero-order chi connectivity index (χ0) is 20.3. The van der Waals surface area contributed by atoms with Crippen molar-refractivity contribution in [2.45, 2.75) is 19.0 Å². The zero-order valence-corrected chi connectivity index (χ0v) is 19.9. The van der Waals surface area contributed by atoms with Gasteiger partial charge in [0, 0.05) is 45.7 Å². The molecule has 30 heavy (non-hydrogen) atoms. The van der Waals surface area contributed by atoms with E-state index in [1.54, 1.807) is 7.05 Å². The standard InChI is InChI=1S/C23H32N4O2.HI/c1-24-23(26-16-22(18-28)21-8-3-2-4-9-21)25-15-19-6-5-7-20(14-19)17-27-10-12-29-13-11-27;/h2-9,14,22,28H,10-13,15-18H2,1H3,(H2,24,25,26);1H. The van der Waals surface area contributed by atoms with Gasteiger partial charge in [-0.15, -0.1) is 24.0 Å². The van der Waals surface area contributed by atoms with Crippen molar-refractivity contribution in [2.75, 3.05) is 46.5 Å². The summed E-state index contributed by atoms with van der Waals surface area (Å²) in [5.41, 5.74) is 3.66. The molecule has 1 fully saturated rings. The fraction of sp³-hybridized carbons (Fsp3) is 0.435. The highest BCUT2D eigenvalue weighted by molar-refractivity contribution is 14.0. The molecule has 3 N–H and O–H groups in total. The SMILES string of the molecule is CN=C(NCc1cccc(CN2CCOCC2)c1)NCC(CO)c1ccccc1.I. The van der Waals surface area contributed by atoms with Gasteiger partial charge in [0.05, 0.1) is 19.8 Å².